The molecule has 1 atom stereocenters. The van der Waals surface area contributed by atoms with Crippen LogP contribution >= 0.6 is 23.2 Å². The van der Waals surface area contributed by atoms with Crippen LogP contribution in [0.15, 0.2) is 12.1 Å². The molecule has 0 radical (unpaired) electrons. The monoisotopic (exact) mass is 350 g/mol. The van der Waals surface area contributed by atoms with E-state index in [0.717, 1.165) is 12.1 Å². The molecule has 3 N–H and O–H groups in total. The smallest absolute Gasteiger partial charge is 0.340 e. The first-order valence-corrected chi connectivity index (χ1v) is 6.85. The first-order valence-electron chi connectivity index (χ1n) is 6.09. The summed E-state index contributed by atoms with van der Waals surface area (Å²) in [6.45, 7) is 3.17. The first kappa shape index (κ1) is 18.2. The lowest BCUT2D eigenvalue weighted by molar-refractivity contribution is -0.130. The van der Waals surface area contributed by atoms with Crippen LogP contribution in [0.1, 0.15) is 24.2 Å². The number of benzene rings is 1. The summed E-state index contributed by atoms with van der Waals surface area (Å²) in [4.78, 5) is 34.5. The van der Waals surface area contributed by atoms with Gasteiger partial charge in [-0.2, -0.15) is 0 Å². The quantitative estimate of drug-likeness (QED) is 0.643. The summed E-state index contributed by atoms with van der Waals surface area (Å²) < 4.78 is 18.4. The van der Waals surface area contributed by atoms with Crippen molar-refractivity contribution in [3.8, 4) is 0 Å². The molecule has 1 aromatic carbocycles. The van der Waals surface area contributed by atoms with Gasteiger partial charge in [0.1, 0.15) is 5.82 Å². The largest absolute Gasteiger partial charge is 0.448 e. The SMILES string of the molecule is CC(C)[C@H](OC(=O)c1cc(F)c(Cl)cc1Cl)C(=O)NC(N)=O. The maximum atomic E-state index is 13.4. The third kappa shape index (κ3) is 4.57. The van der Waals surface area contributed by atoms with E-state index in [1.807, 2.05) is 5.32 Å². The summed E-state index contributed by atoms with van der Waals surface area (Å²) in [6, 6.07) is 0.765. The summed E-state index contributed by atoms with van der Waals surface area (Å²) in [7, 11) is 0. The van der Waals surface area contributed by atoms with Crippen LogP contribution in [0.2, 0.25) is 10.0 Å². The van der Waals surface area contributed by atoms with E-state index < -0.39 is 35.7 Å². The number of urea groups is 1. The third-order valence-corrected chi connectivity index (χ3v) is 3.18. The number of halogens is 3. The molecule has 0 saturated heterocycles. The Hall–Kier alpha value is -1.86. The number of amides is 3. The Bertz CT molecular complexity index is 622. The summed E-state index contributed by atoms with van der Waals surface area (Å²) >= 11 is 11.3. The molecule has 0 unspecified atom stereocenters. The second-order valence-corrected chi connectivity index (χ2v) is 5.48. The fourth-order valence-electron chi connectivity index (χ4n) is 1.54. The predicted octanol–water partition coefficient (Wildman–Crippen LogP) is 2.51. The molecule has 0 saturated carbocycles. The predicted molar refractivity (Wildman–Crippen MR) is 78.2 cm³/mol. The van der Waals surface area contributed by atoms with Crippen molar-refractivity contribution in [2.24, 2.45) is 11.7 Å². The van der Waals surface area contributed by atoms with Gasteiger partial charge in [0.25, 0.3) is 5.91 Å². The van der Waals surface area contributed by atoms with Gasteiger partial charge in [0.05, 0.1) is 15.6 Å². The van der Waals surface area contributed by atoms with Gasteiger partial charge in [-0.05, 0) is 18.1 Å². The molecule has 0 aliphatic rings. The number of primary amides is 1. The zero-order chi connectivity index (χ0) is 17.0. The number of nitrogens with two attached hydrogens (primary N) is 1. The van der Waals surface area contributed by atoms with E-state index in [9.17, 15) is 18.8 Å². The normalized spacial score (nSPS) is 11.9. The Morgan fingerprint density at radius 1 is 1.23 bits per heavy atom. The lowest BCUT2D eigenvalue weighted by atomic mass is 10.1. The lowest BCUT2D eigenvalue weighted by Gasteiger charge is -2.20. The van der Waals surface area contributed by atoms with Crippen LogP contribution in [0.25, 0.3) is 0 Å². The molecule has 6 nitrogen and oxygen atoms in total. The zero-order valence-corrected chi connectivity index (χ0v) is 13.2. The average Bonchev–Trinajstić information content (AvgIpc) is 2.38. The summed E-state index contributed by atoms with van der Waals surface area (Å²) in [5, 5.41) is 1.42. The number of carbonyl (C=O) groups excluding carboxylic acids is 3. The van der Waals surface area contributed by atoms with Crippen LogP contribution in [0.5, 0.6) is 0 Å². The van der Waals surface area contributed by atoms with Crippen LogP contribution in [-0.2, 0) is 9.53 Å². The van der Waals surface area contributed by atoms with Gasteiger partial charge in [0, 0.05) is 0 Å². The molecule has 0 heterocycles. The molecule has 9 heteroatoms. The van der Waals surface area contributed by atoms with Gasteiger partial charge in [0.2, 0.25) is 0 Å². The van der Waals surface area contributed by atoms with E-state index in [-0.39, 0.29) is 15.6 Å². The van der Waals surface area contributed by atoms with Crippen LogP contribution < -0.4 is 11.1 Å². The first-order chi connectivity index (χ1) is 10.1. The summed E-state index contributed by atoms with van der Waals surface area (Å²) in [5.74, 6) is -3.24. The molecule has 1 aromatic rings. The van der Waals surface area contributed by atoms with Crippen molar-refractivity contribution >= 4 is 41.1 Å². The molecule has 120 valence electrons. The van der Waals surface area contributed by atoms with Crippen molar-refractivity contribution in [2.75, 3.05) is 0 Å². The maximum absolute atomic E-state index is 13.4. The Morgan fingerprint density at radius 3 is 2.32 bits per heavy atom. The van der Waals surface area contributed by atoms with Crippen LogP contribution in [-0.4, -0.2) is 24.0 Å². The van der Waals surface area contributed by atoms with E-state index in [1.54, 1.807) is 13.8 Å². The Kier molecular flexibility index (Phi) is 6.13. The van der Waals surface area contributed by atoms with Crippen LogP contribution in [0.4, 0.5) is 9.18 Å². The van der Waals surface area contributed by atoms with Crippen LogP contribution in [0, 0.1) is 11.7 Å². The molecule has 22 heavy (non-hydrogen) atoms. The average molecular weight is 351 g/mol. The Labute approximate surface area is 135 Å². The number of esters is 1. The molecule has 1 rings (SSSR count). The molecule has 3 amide bonds. The molecule has 0 aromatic heterocycles. The van der Waals surface area contributed by atoms with Crippen molar-refractivity contribution in [2.45, 2.75) is 20.0 Å². The van der Waals surface area contributed by atoms with Gasteiger partial charge in [0.15, 0.2) is 6.10 Å². The highest BCUT2D eigenvalue weighted by molar-refractivity contribution is 6.36. The Balaban J connectivity index is 2.99. The van der Waals surface area contributed by atoms with Crippen LogP contribution in [0.3, 0.4) is 0 Å². The number of rotatable bonds is 4. The summed E-state index contributed by atoms with van der Waals surface area (Å²) in [6.07, 6.45) is -1.30. The number of imide groups is 1. The van der Waals surface area contributed by atoms with Crippen molar-refractivity contribution in [1.82, 2.24) is 5.32 Å². The zero-order valence-electron chi connectivity index (χ0n) is 11.7. The van der Waals surface area contributed by atoms with Gasteiger partial charge < -0.3 is 10.5 Å². The topological polar surface area (TPSA) is 98.5 Å². The fraction of sp³-hybridized carbons (Fsp3) is 0.308. The second-order valence-electron chi connectivity index (χ2n) is 4.67. The number of hydrogen-bond acceptors (Lipinski definition) is 4. The van der Waals surface area contributed by atoms with E-state index in [1.165, 1.54) is 0 Å². The van der Waals surface area contributed by atoms with Gasteiger partial charge >= 0.3 is 12.0 Å². The van der Waals surface area contributed by atoms with E-state index in [0.29, 0.717) is 0 Å². The number of carbonyl (C=O) groups is 3. The highest BCUT2D eigenvalue weighted by Crippen LogP contribution is 2.25. The van der Waals surface area contributed by atoms with E-state index >= 15 is 0 Å². The van der Waals surface area contributed by atoms with Gasteiger partial charge in [-0.3, -0.25) is 10.1 Å². The number of hydrogen-bond donors (Lipinski definition) is 2. The molecular formula is C13H13Cl2FN2O4. The minimum Gasteiger partial charge on any atom is -0.448 e. The van der Waals surface area contributed by atoms with E-state index in [4.69, 9.17) is 33.7 Å². The van der Waals surface area contributed by atoms with Gasteiger partial charge in [-0.1, -0.05) is 37.0 Å². The maximum Gasteiger partial charge on any atom is 0.340 e. The van der Waals surface area contributed by atoms with Crippen molar-refractivity contribution in [3.63, 3.8) is 0 Å². The van der Waals surface area contributed by atoms with Gasteiger partial charge in [-0.15, -0.1) is 0 Å². The molecule has 0 spiro atoms. The van der Waals surface area contributed by atoms with Gasteiger partial charge in [-0.25, -0.2) is 14.0 Å². The van der Waals surface area contributed by atoms with Crippen molar-refractivity contribution in [1.29, 1.82) is 0 Å². The minimum absolute atomic E-state index is 0.130. The lowest BCUT2D eigenvalue weighted by Crippen LogP contribution is -2.45. The molecular weight excluding hydrogens is 338 g/mol. The molecule has 0 fully saturated rings. The Morgan fingerprint density at radius 2 is 1.82 bits per heavy atom. The standard InChI is InChI=1S/C13H13Cl2FN2O4/c1-5(2)10(11(19)18-13(17)21)22-12(20)6-3-9(16)8(15)4-7(6)14/h3-5,10H,1-2H3,(H3,17,18,19,21)/t10-/m0/s1. The fourth-order valence-corrected chi connectivity index (χ4v) is 2.00. The third-order valence-electron chi connectivity index (χ3n) is 2.57. The van der Waals surface area contributed by atoms with E-state index in [2.05, 4.69) is 0 Å². The highest BCUT2D eigenvalue weighted by atomic mass is 35.5. The number of nitrogens with one attached hydrogen (secondary N) is 1. The molecule has 0 bridgehead atoms. The van der Waals surface area contributed by atoms with Crippen molar-refractivity contribution in [3.05, 3.63) is 33.6 Å². The summed E-state index contributed by atoms with van der Waals surface area (Å²) in [5.41, 5.74) is 4.55. The highest BCUT2D eigenvalue weighted by Gasteiger charge is 2.29. The number of ether oxygens (including phenoxy) is 1. The second kappa shape index (κ2) is 7.42. The minimum atomic E-state index is -1.30. The molecule has 0 aliphatic heterocycles. The van der Waals surface area contributed by atoms with Crippen molar-refractivity contribution < 1.29 is 23.5 Å². The molecule has 0 aliphatic carbocycles.